The Morgan fingerprint density at radius 3 is 2.58 bits per heavy atom. The van der Waals surface area contributed by atoms with Crippen LogP contribution in [0, 0.1) is 5.92 Å². The van der Waals surface area contributed by atoms with Crippen LogP contribution in [0.5, 0.6) is 11.5 Å². The first kappa shape index (κ1) is 21.2. The Morgan fingerprint density at radius 2 is 1.81 bits per heavy atom. The number of rotatable bonds is 4. The van der Waals surface area contributed by atoms with E-state index >= 15 is 0 Å². The Balaban J connectivity index is 1.32. The molecule has 1 N–H and O–H groups in total. The number of fused-ring (bicyclic) bond motifs is 1. The molecule has 0 spiro atoms. The van der Waals surface area contributed by atoms with E-state index in [-0.39, 0.29) is 17.7 Å². The van der Waals surface area contributed by atoms with Crippen LogP contribution in [-0.2, 0) is 9.59 Å². The Labute approximate surface area is 186 Å². The molecule has 0 bridgehead atoms. The van der Waals surface area contributed by atoms with Gasteiger partial charge in [-0.25, -0.2) is 0 Å². The lowest BCUT2D eigenvalue weighted by Gasteiger charge is -2.30. The second-order valence-electron chi connectivity index (χ2n) is 7.67. The second-order valence-corrected chi connectivity index (χ2v) is 8.08. The molecular formula is C24H25ClN2O4. The number of hydrogen-bond acceptors (Lipinski definition) is 4. The van der Waals surface area contributed by atoms with Gasteiger partial charge in [0, 0.05) is 37.2 Å². The van der Waals surface area contributed by atoms with Crippen molar-refractivity contribution in [3.8, 4) is 11.5 Å². The smallest absolute Gasteiger partial charge is 0.246 e. The first-order valence-corrected chi connectivity index (χ1v) is 10.9. The fraction of sp³-hybridized carbons (Fsp3) is 0.333. The molecule has 0 aliphatic carbocycles. The van der Waals surface area contributed by atoms with E-state index in [0.29, 0.717) is 55.7 Å². The first-order chi connectivity index (χ1) is 15.1. The summed E-state index contributed by atoms with van der Waals surface area (Å²) in [7, 11) is 0. The molecule has 0 aromatic heterocycles. The van der Waals surface area contributed by atoms with Gasteiger partial charge in [0.2, 0.25) is 11.8 Å². The summed E-state index contributed by atoms with van der Waals surface area (Å²) < 4.78 is 11.3. The van der Waals surface area contributed by atoms with Crippen molar-refractivity contribution in [3.63, 3.8) is 0 Å². The van der Waals surface area contributed by atoms with Gasteiger partial charge < -0.3 is 19.7 Å². The molecule has 0 unspecified atom stereocenters. The second kappa shape index (κ2) is 9.88. The molecular weight excluding hydrogens is 416 g/mol. The lowest BCUT2D eigenvalue weighted by Crippen LogP contribution is -2.40. The van der Waals surface area contributed by atoms with Crippen LogP contribution in [0.3, 0.4) is 0 Å². The molecule has 31 heavy (non-hydrogen) atoms. The third-order valence-corrected chi connectivity index (χ3v) is 5.74. The molecule has 0 atom stereocenters. The number of ether oxygens (including phenoxy) is 2. The fourth-order valence-corrected chi connectivity index (χ4v) is 4.02. The van der Waals surface area contributed by atoms with Gasteiger partial charge >= 0.3 is 0 Å². The van der Waals surface area contributed by atoms with E-state index in [4.69, 9.17) is 21.1 Å². The number of piperidine rings is 1. The Hall–Kier alpha value is -2.99. The maximum absolute atomic E-state index is 12.6. The molecule has 1 saturated heterocycles. The number of nitrogens with zero attached hydrogens (tertiary/aromatic N) is 1. The molecule has 6 nitrogen and oxygen atoms in total. The van der Waals surface area contributed by atoms with E-state index in [1.54, 1.807) is 23.1 Å². The molecule has 2 amide bonds. The van der Waals surface area contributed by atoms with Crippen LogP contribution >= 0.6 is 11.6 Å². The van der Waals surface area contributed by atoms with Crippen molar-refractivity contribution in [1.82, 2.24) is 4.90 Å². The average Bonchev–Trinajstić information content (AvgIpc) is 3.04. The summed E-state index contributed by atoms with van der Waals surface area (Å²) in [5.74, 6) is 0.996. The van der Waals surface area contributed by atoms with Crippen LogP contribution in [0.15, 0.2) is 48.5 Å². The van der Waals surface area contributed by atoms with E-state index in [1.165, 1.54) is 0 Å². The van der Waals surface area contributed by atoms with Gasteiger partial charge in [0.15, 0.2) is 11.5 Å². The molecule has 7 heteroatoms. The van der Waals surface area contributed by atoms with Crippen molar-refractivity contribution >= 4 is 35.2 Å². The normalized spacial score (nSPS) is 16.7. The van der Waals surface area contributed by atoms with Crippen molar-refractivity contribution in [2.75, 3.05) is 31.6 Å². The Morgan fingerprint density at radius 1 is 1.06 bits per heavy atom. The van der Waals surface area contributed by atoms with E-state index in [1.807, 2.05) is 36.4 Å². The van der Waals surface area contributed by atoms with Crippen LogP contribution < -0.4 is 14.8 Å². The fourth-order valence-electron chi connectivity index (χ4n) is 3.75. The van der Waals surface area contributed by atoms with Gasteiger partial charge in [-0.3, -0.25) is 9.59 Å². The van der Waals surface area contributed by atoms with Crippen LogP contribution in [0.2, 0.25) is 5.02 Å². The quantitative estimate of drug-likeness (QED) is 0.716. The highest BCUT2D eigenvalue weighted by Gasteiger charge is 2.26. The minimum atomic E-state index is -0.0891. The standard InChI is InChI=1S/C24H25ClN2O4/c25-20-15-17(16-21-23(20)31-14-4-13-30-21)7-8-22(28)27-11-9-18(10-12-27)24(29)26-19-5-2-1-3-6-19/h1-3,5-8,15-16,18H,4,9-14H2,(H,26,29). The number of halogens is 1. The van der Waals surface area contributed by atoms with E-state index < -0.39 is 0 Å². The predicted octanol–water partition coefficient (Wildman–Crippen LogP) is 4.39. The maximum atomic E-state index is 12.6. The van der Waals surface area contributed by atoms with E-state index in [2.05, 4.69) is 5.32 Å². The summed E-state index contributed by atoms with van der Waals surface area (Å²) in [6.45, 7) is 2.25. The van der Waals surface area contributed by atoms with Gasteiger partial charge in [-0.05, 0) is 48.7 Å². The maximum Gasteiger partial charge on any atom is 0.246 e. The molecule has 162 valence electrons. The molecule has 2 aliphatic heterocycles. The number of carbonyl (C=O) groups excluding carboxylic acids is 2. The van der Waals surface area contributed by atoms with Crippen LogP contribution in [-0.4, -0.2) is 43.0 Å². The number of anilines is 1. The first-order valence-electron chi connectivity index (χ1n) is 10.5. The Bertz CT molecular complexity index is 969. The molecule has 4 rings (SSSR count). The molecule has 2 aliphatic rings. The monoisotopic (exact) mass is 440 g/mol. The largest absolute Gasteiger partial charge is 0.489 e. The zero-order valence-electron chi connectivity index (χ0n) is 17.2. The summed E-state index contributed by atoms with van der Waals surface area (Å²) in [5, 5.41) is 3.42. The van der Waals surface area contributed by atoms with Crippen molar-refractivity contribution in [2.24, 2.45) is 5.92 Å². The van der Waals surface area contributed by atoms with Gasteiger partial charge in [-0.15, -0.1) is 0 Å². The van der Waals surface area contributed by atoms with Crippen LogP contribution in [0.1, 0.15) is 24.8 Å². The third-order valence-electron chi connectivity index (χ3n) is 5.46. The van der Waals surface area contributed by atoms with Gasteiger partial charge in [0.05, 0.1) is 18.2 Å². The zero-order chi connectivity index (χ0) is 21.6. The minimum Gasteiger partial charge on any atom is -0.489 e. The highest BCUT2D eigenvalue weighted by atomic mass is 35.5. The van der Waals surface area contributed by atoms with Gasteiger partial charge in [0.25, 0.3) is 0 Å². The number of hydrogen-bond donors (Lipinski definition) is 1. The van der Waals surface area contributed by atoms with Crippen molar-refractivity contribution in [3.05, 3.63) is 59.1 Å². The number of amides is 2. The zero-order valence-corrected chi connectivity index (χ0v) is 17.9. The molecule has 0 radical (unpaired) electrons. The summed E-state index contributed by atoms with van der Waals surface area (Å²) in [5.41, 5.74) is 1.57. The highest BCUT2D eigenvalue weighted by Crippen LogP contribution is 2.38. The van der Waals surface area contributed by atoms with Crippen molar-refractivity contribution < 1.29 is 19.1 Å². The van der Waals surface area contributed by atoms with Crippen molar-refractivity contribution in [2.45, 2.75) is 19.3 Å². The lowest BCUT2D eigenvalue weighted by atomic mass is 9.95. The lowest BCUT2D eigenvalue weighted by molar-refractivity contribution is -0.130. The average molecular weight is 441 g/mol. The van der Waals surface area contributed by atoms with Gasteiger partial charge in [0.1, 0.15) is 0 Å². The third kappa shape index (κ3) is 5.39. The number of carbonyl (C=O) groups is 2. The van der Waals surface area contributed by atoms with Gasteiger partial charge in [-0.1, -0.05) is 29.8 Å². The number of nitrogens with one attached hydrogen (secondary N) is 1. The van der Waals surface area contributed by atoms with Crippen molar-refractivity contribution in [1.29, 1.82) is 0 Å². The number of benzene rings is 2. The highest BCUT2D eigenvalue weighted by molar-refractivity contribution is 6.32. The van der Waals surface area contributed by atoms with Crippen LogP contribution in [0.25, 0.3) is 6.08 Å². The number of likely N-dealkylation sites (tertiary alicyclic amines) is 1. The Kier molecular flexibility index (Phi) is 6.77. The predicted molar refractivity (Wildman–Crippen MR) is 120 cm³/mol. The summed E-state index contributed by atoms with van der Waals surface area (Å²) in [4.78, 5) is 26.9. The minimum absolute atomic E-state index is 0.00989. The molecule has 0 saturated carbocycles. The molecule has 2 aromatic rings. The van der Waals surface area contributed by atoms with E-state index in [9.17, 15) is 9.59 Å². The SMILES string of the molecule is O=C(Nc1ccccc1)C1CCN(C(=O)C=Cc2cc(Cl)c3c(c2)OCCCO3)CC1. The summed E-state index contributed by atoms with van der Waals surface area (Å²) in [6, 6.07) is 13.0. The topological polar surface area (TPSA) is 67.9 Å². The molecule has 2 aromatic carbocycles. The van der Waals surface area contributed by atoms with Crippen LogP contribution in [0.4, 0.5) is 5.69 Å². The molecule has 2 heterocycles. The molecule has 1 fully saturated rings. The number of para-hydroxylation sites is 1. The van der Waals surface area contributed by atoms with Gasteiger partial charge in [-0.2, -0.15) is 0 Å². The summed E-state index contributed by atoms with van der Waals surface area (Å²) >= 11 is 6.32. The summed E-state index contributed by atoms with van der Waals surface area (Å²) in [6.07, 6.45) is 5.37. The van der Waals surface area contributed by atoms with E-state index in [0.717, 1.165) is 17.7 Å².